The maximum atomic E-state index is 14.0. The maximum absolute atomic E-state index is 14.0. The first kappa shape index (κ1) is 23.4. The normalized spacial score (nSPS) is 18.3. The number of hydrogen-bond acceptors (Lipinski definition) is 6. The van der Waals surface area contributed by atoms with Crippen molar-refractivity contribution in [3.8, 4) is 0 Å². The van der Waals surface area contributed by atoms with Crippen LogP contribution in [0.3, 0.4) is 0 Å². The maximum Gasteiger partial charge on any atom is 0.339 e. The monoisotopic (exact) mass is 477 g/mol. The van der Waals surface area contributed by atoms with E-state index in [-0.39, 0.29) is 21.6 Å². The van der Waals surface area contributed by atoms with Crippen molar-refractivity contribution in [3.05, 3.63) is 107 Å². The highest BCUT2D eigenvalue weighted by atomic mass is 32.2. The number of esters is 1. The molecule has 3 aromatic carbocycles. The lowest BCUT2D eigenvalue weighted by molar-refractivity contribution is -0.145. The van der Waals surface area contributed by atoms with Gasteiger partial charge in [-0.15, -0.1) is 0 Å². The van der Waals surface area contributed by atoms with Gasteiger partial charge in [0.25, 0.3) is 15.9 Å². The summed E-state index contributed by atoms with van der Waals surface area (Å²) in [6.07, 6.45) is 0. The fourth-order valence-electron chi connectivity index (χ4n) is 4.16. The van der Waals surface area contributed by atoms with Gasteiger partial charge < -0.3 is 9.47 Å². The van der Waals surface area contributed by atoms with Crippen molar-refractivity contribution in [1.29, 1.82) is 0 Å². The molecule has 3 aromatic rings. The Morgan fingerprint density at radius 1 is 0.853 bits per heavy atom. The van der Waals surface area contributed by atoms with Crippen LogP contribution in [0.2, 0.25) is 0 Å². The van der Waals surface area contributed by atoms with E-state index in [1.54, 1.807) is 72.8 Å². The Labute approximate surface area is 198 Å². The van der Waals surface area contributed by atoms with E-state index in [4.69, 9.17) is 9.47 Å². The van der Waals surface area contributed by atoms with Crippen LogP contribution < -0.4 is 0 Å². The summed E-state index contributed by atoms with van der Waals surface area (Å²) >= 11 is 0. The number of carbonyl (C=O) groups excluding carboxylic acids is 2. The molecule has 0 bridgehead atoms. The summed E-state index contributed by atoms with van der Waals surface area (Å²) < 4.78 is 39.5. The van der Waals surface area contributed by atoms with Gasteiger partial charge in [-0.2, -0.15) is 4.31 Å². The van der Waals surface area contributed by atoms with Crippen LogP contribution in [0.25, 0.3) is 5.57 Å². The molecule has 0 radical (unpaired) electrons. The van der Waals surface area contributed by atoms with E-state index in [2.05, 4.69) is 0 Å². The van der Waals surface area contributed by atoms with Crippen molar-refractivity contribution in [1.82, 2.24) is 4.31 Å². The second-order valence-electron chi connectivity index (χ2n) is 7.71. The minimum atomic E-state index is -4.48. The van der Waals surface area contributed by atoms with E-state index >= 15 is 0 Å². The van der Waals surface area contributed by atoms with Crippen molar-refractivity contribution in [2.24, 2.45) is 0 Å². The molecule has 0 saturated heterocycles. The summed E-state index contributed by atoms with van der Waals surface area (Å²) in [7, 11) is -2.05. The summed E-state index contributed by atoms with van der Waals surface area (Å²) in [4.78, 5) is 27.1. The first-order chi connectivity index (χ1) is 16.3. The predicted molar refractivity (Wildman–Crippen MR) is 126 cm³/mol. The smallest absolute Gasteiger partial charge is 0.339 e. The van der Waals surface area contributed by atoms with Gasteiger partial charge >= 0.3 is 5.97 Å². The Kier molecular flexibility index (Phi) is 6.12. The molecule has 34 heavy (non-hydrogen) atoms. The number of methoxy groups -OCH3 is 2. The van der Waals surface area contributed by atoms with Crippen LogP contribution in [0.4, 0.5) is 0 Å². The number of sulfonamides is 1. The molecule has 0 aromatic heterocycles. The van der Waals surface area contributed by atoms with Gasteiger partial charge in [-0.05, 0) is 24.6 Å². The van der Waals surface area contributed by atoms with Crippen molar-refractivity contribution < 1.29 is 27.5 Å². The van der Waals surface area contributed by atoms with E-state index in [1.165, 1.54) is 26.4 Å². The van der Waals surface area contributed by atoms with E-state index in [0.717, 1.165) is 5.56 Å². The van der Waals surface area contributed by atoms with Crippen molar-refractivity contribution >= 4 is 27.5 Å². The first-order valence-corrected chi connectivity index (χ1v) is 11.9. The molecule has 1 aliphatic heterocycles. The number of rotatable bonds is 6. The Morgan fingerprint density at radius 3 is 1.94 bits per heavy atom. The summed E-state index contributed by atoms with van der Waals surface area (Å²) in [5, 5.41) is 0. The van der Waals surface area contributed by atoms with E-state index in [1.807, 2.05) is 6.92 Å². The average Bonchev–Trinajstić information content (AvgIpc) is 3.14. The van der Waals surface area contributed by atoms with Gasteiger partial charge in [0, 0.05) is 12.7 Å². The number of amides is 1. The fourth-order valence-corrected chi connectivity index (χ4v) is 5.77. The van der Waals surface area contributed by atoms with Crippen molar-refractivity contribution in [2.75, 3.05) is 14.2 Å². The number of ether oxygens (including phenoxy) is 2. The molecule has 4 rings (SSSR count). The van der Waals surface area contributed by atoms with Crippen LogP contribution >= 0.6 is 0 Å². The lowest BCUT2D eigenvalue weighted by Gasteiger charge is -2.37. The third kappa shape index (κ3) is 3.52. The molecular weight excluding hydrogens is 454 g/mol. The number of carbonyl (C=O) groups is 2. The zero-order valence-corrected chi connectivity index (χ0v) is 19.7. The molecule has 1 atom stereocenters. The van der Waals surface area contributed by atoms with Crippen LogP contribution in [0.15, 0.2) is 95.4 Å². The summed E-state index contributed by atoms with van der Waals surface area (Å²) in [6.45, 7) is 1.82. The Hall–Kier alpha value is -3.75. The molecule has 1 amide bonds. The highest BCUT2D eigenvalue weighted by Crippen LogP contribution is 2.50. The molecule has 0 saturated carbocycles. The molecule has 0 spiro atoms. The quantitative estimate of drug-likeness (QED) is 0.504. The second kappa shape index (κ2) is 8.89. The van der Waals surface area contributed by atoms with Crippen LogP contribution in [0.5, 0.6) is 0 Å². The van der Waals surface area contributed by atoms with Gasteiger partial charge in [0.2, 0.25) is 5.72 Å². The predicted octanol–water partition coefficient (Wildman–Crippen LogP) is 3.65. The molecule has 0 fully saturated rings. The Bertz CT molecular complexity index is 1370. The third-order valence-electron chi connectivity index (χ3n) is 5.74. The Balaban J connectivity index is 2.11. The van der Waals surface area contributed by atoms with Crippen molar-refractivity contribution in [3.63, 3.8) is 0 Å². The molecule has 0 N–H and O–H groups in total. The third-order valence-corrected chi connectivity index (χ3v) is 7.52. The summed E-state index contributed by atoms with van der Waals surface area (Å²) in [6, 6.07) is 22.8. The highest BCUT2D eigenvalue weighted by molar-refractivity contribution is 7.89. The molecule has 1 heterocycles. The largest absolute Gasteiger partial charge is 0.465 e. The lowest BCUT2D eigenvalue weighted by atomic mass is 9.91. The van der Waals surface area contributed by atoms with Gasteiger partial charge in [-0.3, -0.25) is 4.79 Å². The molecular formula is C26H23NO6S. The molecule has 8 heteroatoms. The van der Waals surface area contributed by atoms with Crippen LogP contribution in [-0.4, -0.2) is 38.8 Å². The van der Waals surface area contributed by atoms with E-state index in [0.29, 0.717) is 9.87 Å². The van der Waals surface area contributed by atoms with Crippen LogP contribution in [0, 0.1) is 6.92 Å². The van der Waals surface area contributed by atoms with Crippen LogP contribution in [0.1, 0.15) is 16.7 Å². The highest BCUT2D eigenvalue weighted by Gasteiger charge is 2.61. The second-order valence-corrected chi connectivity index (χ2v) is 9.50. The van der Waals surface area contributed by atoms with Gasteiger partial charge in [-0.1, -0.05) is 78.4 Å². The minimum absolute atomic E-state index is 0.103. The Morgan fingerprint density at radius 2 is 1.41 bits per heavy atom. The number of benzene rings is 3. The SMILES string of the molecule is COC(=O)C1=C(c2ccccc2)C(=O)N(S(=O)(=O)c2ccc(C)cc2)C1(OC)c1ccccc1. The van der Waals surface area contributed by atoms with Gasteiger partial charge in [-0.25, -0.2) is 13.2 Å². The number of hydrogen-bond donors (Lipinski definition) is 0. The summed E-state index contributed by atoms with van der Waals surface area (Å²) in [5.41, 5.74) is -0.893. The zero-order chi connectivity index (χ0) is 24.5. The van der Waals surface area contributed by atoms with E-state index < -0.39 is 27.6 Å². The zero-order valence-electron chi connectivity index (χ0n) is 18.9. The van der Waals surface area contributed by atoms with Gasteiger partial charge in [0.1, 0.15) is 5.57 Å². The molecule has 7 nitrogen and oxygen atoms in total. The number of nitrogens with zero attached hydrogens (tertiary/aromatic N) is 1. The fraction of sp³-hybridized carbons (Fsp3) is 0.154. The minimum Gasteiger partial charge on any atom is -0.465 e. The molecule has 0 aliphatic carbocycles. The molecule has 1 unspecified atom stereocenters. The van der Waals surface area contributed by atoms with Gasteiger partial charge in [0.05, 0.1) is 17.6 Å². The number of aryl methyl sites for hydroxylation is 1. The molecule has 174 valence electrons. The molecule has 1 aliphatic rings. The average molecular weight is 478 g/mol. The standard InChI is InChI=1S/C26H23NO6S/c1-18-14-16-21(17-15-18)34(30,31)27-24(28)22(19-10-6-4-7-11-19)23(25(29)32-2)26(27,33-3)20-12-8-5-9-13-20/h4-17H,1-3H3. The van der Waals surface area contributed by atoms with Crippen LogP contribution in [-0.2, 0) is 34.8 Å². The van der Waals surface area contributed by atoms with Crippen molar-refractivity contribution in [2.45, 2.75) is 17.5 Å². The topological polar surface area (TPSA) is 90.0 Å². The summed E-state index contributed by atoms with van der Waals surface area (Å²) in [5.74, 6) is -1.77. The van der Waals surface area contributed by atoms with Gasteiger partial charge in [0.15, 0.2) is 0 Å². The lowest BCUT2D eigenvalue weighted by Crippen LogP contribution is -2.51. The van der Waals surface area contributed by atoms with E-state index in [9.17, 15) is 18.0 Å². The first-order valence-electron chi connectivity index (χ1n) is 10.4.